The maximum Gasteiger partial charge on any atom is 0.219 e. The largest absolute Gasteiger partial charge is 0.495 e. The van der Waals surface area contributed by atoms with E-state index in [-0.39, 0.29) is 5.91 Å². The van der Waals surface area contributed by atoms with Crippen LogP contribution in [0.25, 0.3) is 10.9 Å². The highest BCUT2D eigenvalue weighted by Gasteiger charge is 2.26. The van der Waals surface area contributed by atoms with Crippen molar-refractivity contribution in [1.82, 2.24) is 14.4 Å². The van der Waals surface area contributed by atoms with Gasteiger partial charge in [-0.2, -0.15) is 0 Å². The zero-order valence-electron chi connectivity index (χ0n) is 19.1. The molecular formula is C26H32N4O2. The van der Waals surface area contributed by atoms with Crippen LogP contribution in [0.5, 0.6) is 5.75 Å². The Hall–Kier alpha value is -2.99. The topological polar surface area (TPSA) is 41.0 Å². The Morgan fingerprint density at radius 2 is 1.69 bits per heavy atom. The van der Waals surface area contributed by atoms with Crippen LogP contribution in [0.4, 0.5) is 5.69 Å². The summed E-state index contributed by atoms with van der Waals surface area (Å²) in [7, 11) is 1.74. The number of hydrogen-bond acceptors (Lipinski definition) is 4. The highest BCUT2D eigenvalue weighted by molar-refractivity contribution is 5.86. The molecule has 2 aliphatic heterocycles. The van der Waals surface area contributed by atoms with Gasteiger partial charge in [0.1, 0.15) is 5.75 Å². The van der Waals surface area contributed by atoms with Gasteiger partial charge in [-0.15, -0.1) is 0 Å². The van der Waals surface area contributed by atoms with Crippen molar-refractivity contribution in [2.24, 2.45) is 0 Å². The molecule has 1 aromatic heterocycles. The van der Waals surface area contributed by atoms with Crippen molar-refractivity contribution in [3.05, 3.63) is 59.8 Å². The molecule has 0 aliphatic carbocycles. The molecule has 0 atom stereocenters. The van der Waals surface area contributed by atoms with E-state index in [1.54, 1.807) is 14.0 Å². The van der Waals surface area contributed by atoms with Crippen LogP contribution in [0.3, 0.4) is 0 Å². The molecule has 0 radical (unpaired) electrons. The summed E-state index contributed by atoms with van der Waals surface area (Å²) in [5.41, 5.74) is 5.24. The molecule has 2 aliphatic rings. The Kier molecular flexibility index (Phi) is 5.79. The lowest BCUT2D eigenvalue weighted by Crippen LogP contribution is -2.47. The number of carbonyl (C=O) groups excluding carboxylic acids is 1. The number of carbonyl (C=O) groups is 1. The van der Waals surface area contributed by atoms with Crippen LogP contribution in [0.15, 0.2) is 48.5 Å². The molecule has 1 amide bonds. The number of fused-ring (bicyclic) bond motifs is 3. The second-order valence-corrected chi connectivity index (χ2v) is 8.79. The summed E-state index contributed by atoms with van der Waals surface area (Å²) in [5, 5.41) is 1.30. The zero-order valence-corrected chi connectivity index (χ0v) is 19.1. The predicted molar refractivity (Wildman–Crippen MR) is 128 cm³/mol. The summed E-state index contributed by atoms with van der Waals surface area (Å²) in [6, 6.07) is 17.0. The van der Waals surface area contributed by atoms with Crippen molar-refractivity contribution in [3.8, 4) is 5.75 Å². The van der Waals surface area contributed by atoms with Gasteiger partial charge in [0.2, 0.25) is 5.91 Å². The summed E-state index contributed by atoms with van der Waals surface area (Å²) in [5.74, 6) is 1.12. The van der Waals surface area contributed by atoms with E-state index in [1.165, 1.54) is 27.8 Å². The monoisotopic (exact) mass is 432 g/mol. The van der Waals surface area contributed by atoms with E-state index in [0.29, 0.717) is 0 Å². The zero-order chi connectivity index (χ0) is 22.1. The lowest BCUT2D eigenvalue weighted by atomic mass is 10.0. The lowest BCUT2D eigenvalue weighted by molar-refractivity contribution is -0.129. The maximum absolute atomic E-state index is 12.0. The number of amides is 1. The van der Waals surface area contributed by atoms with Crippen molar-refractivity contribution in [2.45, 2.75) is 26.4 Å². The van der Waals surface area contributed by atoms with E-state index in [2.05, 4.69) is 50.8 Å². The SMILES string of the molecule is COc1ccccc1N1CCN(CCn2c3c(c4ccccc42)CN(C(C)=O)CC3)CC1. The first-order valence-corrected chi connectivity index (χ1v) is 11.6. The van der Waals surface area contributed by atoms with Crippen molar-refractivity contribution >= 4 is 22.5 Å². The van der Waals surface area contributed by atoms with Crippen LogP contribution in [-0.2, 0) is 24.3 Å². The Morgan fingerprint density at radius 1 is 0.938 bits per heavy atom. The fraction of sp³-hybridized carbons (Fsp3) is 0.423. The number of piperazine rings is 1. The molecule has 0 bridgehead atoms. The molecule has 0 saturated carbocycles. The van der Waals surface area contributed by atoms with Gasteiger partial charge in [0, 0.05) is 87.9 Å². The average Bonchev–Trinajstić information content (AvgIpc) is 3.16. The lowest BCUT2D eigenvalue weighted by Gasteiger charge is -2.37. The second-order valence-electron chi connectivity index (χ2n) is 8.79. The third-order valence-electron chi connectivity index (χ3n) is 7.04. The smallest absolute Gasteiger partial charge is 0.219 e. The molecule has 6 heteroatoms. The van der Waals surface area contributed by atoms with Crippen LogP contribution in [0, 0.1) is 0 Å². The van der Waals surface area contributed by atoms with E-state index < -0.39 is 0 Å². The Bertz CT molecular complexity index is 1110. The molecule has 5 rings (SSSR count). The highest BCUT2D eigenvalue weighted by atomic mass is 16.5. The molecule has 0 unspecified atom stereocenters. The quantitative estimate of drug-likeness (QED) is 0.620. The second kappa shape index (κ2) is 8.87. The van der Waals surface area contributed by atoms with Crippen molar-refractivity contribution in [1.29, 1.82) is 0 Å². The summed E-state index contributed by atoms with van der Waals surface area (Å²) in [4.78, 5) is 18.9. The molecule has 3 heterocycles. The average molecular weight is 433 g/mol. The van der Waals surface area contributed by atoms with Crippen LogP contribution >= 0.6 is 0 Å². The van der Waals surface area contributed by atoms with E-state index in [4.69, 9.17) is 4.74 Å². The number of methoxy groups -OCH3 is 1. The van der Waals surface area contributed by atoms with Gasteiger partial charge >= 0.3 is 0 Å². The minimum atomic E-state index is 0.167. The van der Waals surface area contributed by atoms with E-state index in [9.17, 15) is 4.79 Å². The number of nitrogens with zero attached hydrogens (tertiary/aromatic N) is 4. The number of hydrogen-bond donors (Lipinski definition) is 0. The molecule has 168 valence electrons. The third kappa shape index (κ3) is 3.84. The number of aromatic nitrogens is 1. The van der Waals surface area contributed by atoms with Gasteiger partial charge in [-0.25, -0.2) is 0 Å². The first kappa shape index (κ1) is 20.9. The minimum Gasteiger partial charge on any atom is -0.495 e. The van der Waals surface area contributed by atoms with Crippen LogP contribution in [0.1, 0.15) is 18.2 Å². The Labute approximate surface area is 190 Å². The third-order valence-corrected chi connectivity index (χ3v) is 7.04. The van der Waals surface area contributed by atoms with E-state index >= 15 is 0 Å². The van der Waals surface area contributed by atoms with E-state index in [0.717, 1.165) is 64.5 Å². The summed E-state index contributed by atoms with van der Waals surface area (Å²) in [6.07, 6.45) is 0.936. The highest BCUT2D eigenvalue weighted by Crippen LogP contribution is 2.31. The van der Waals surface area contributed by atoms with Gasteiger partial charge in [0.25, 0.3) is 0 Å². The van der Waals surface area contributed by atoms with Gasteiger partial charge in [-0.1, -0.05) is 30.3 Å². The number of anilines is 1. The fourth-order valence-electron chi connectivity index (χ4n) is 5.27. The van der Waals surface area contributed by atoms with Gasteiger partial charge in [0.05, 0.1) is 12.8 Å². The summed E-state index contributed by atoms with van der Waals surface area (Å²) >= 11 is 0. The van der Waals surface area contributed by atoms with Crippen molar-refractivity contribution < 1.29 is 9.53 Å². The normalized spacial score (nSPS) is 16.9. The molecular weight excluding hydrogens is 400 g/mol. The predicted octanol–water partition coefficient (Wildman–Crippen LogP) is 3.38. The first-order valence-electron chi connectivity index (χ1n) is 11.6. The summed E-state index contributed by atoms with van der Waals surface area (Å²) < 4.78 is 8.06. The van der Waals surface area contributed by atoms with Gasteiger partial charge < -0.3 is 19.1 Å². The number of benzene rings is 2. The number of ether oxygens (including phenoxy) is 1. The standard InChI is InChI=1S/C26H32N4O2/c1-20(31)29-12-11-24-22(19-29)21-7-3-4-8-23(21)30(24)18-15-27-13-16-28(17-14-27)25-9-5-6-10-26(25)32-2/h3-10H,11-19H2,1-2H3. The van der Waals surface area contributed by atoms with Crippen LogP contribution in [0.2, 0.25) is 0 Å². The molecule has 6 nitrogen and oxygen atoms in total. The molecule has 3 aromatic rings. The molecule has 1 saturated heterocycles. The minimum absolute atomic E-state index is 0.167. The van der Waals surface area contributed by atoms with Crippen LogP contribution in [-0.4, -0.2) is 66.7 Å². The van der Waals surface area contributed by atoms with Crippen LogP contribution < -0.4 is 9.64 Å². The van der Waals surface area contributed by atoms with Gasteiger partial charge in [-0.3, -0.25) is 9.69 Å². The van der Waals surface area contributed by atoms with Crippen molar-refractivity contribution in [3.63, 3.8) is 0 Å². The number of rotatable bonds is 5. The fourth-order valence-corrected chi connectivity index (χ4v) is 5.27. The molecule has 0 spiro atoms. The maximum atomic E-state index is 12.0. The number of para-hydroxylation sites is 3. The Morgan fingerprint density at radius 3 is 2.47 bits per heavy atom. The first-order chi connectivity index (χ1) is 15.7. The molecule has 32 heavy (non-hydrogen) atoms. The van der Waals surface area contributed by atoms with Crippen molar-refractivity contribution in [2.75, 3.05) is 51.3 Å². The van der Waals surface area contributed by atoms with Gasteiger partial charge in [0.15, 0.2) is 0 Å². The van der Waals surface area contributed by atoms with E-state index in [1.807, 2.05) is 17.0 Å². The molecule has 2 aromatic carbocycles. The van der Waals surface area contributed by atoms with Gasteiger partial charge in [-0.05, 0) is 18.2 Å². The summed E-state index contributed by atoms with van der Waals surface area (Å²) in [6.45, 7) is 9.39. The molecule has 1 fully saturated rings. The Balaban J connectivity index is 1.28. The molecule has 0 N–H and O–H groups in total.